The molecule has 0 bridgehead atoms. The number of esters is 1. The van der Waals surface area contributed by atoms with Gasteiger partial charge >= 0.3 is 12.1 Å². The number of hydrogen-bond donors (Lipinski definition) is 2. The van der Waals surface area contributed by atoms with Gasteiger partial charge in [-0.15, -0.1) is 0 Å². The van der Waals surface area contributed by atoms with Crippen LogP contribution >= 0.6 is 0 Å². The molecule has 0 atom stereocenters. The van der Waals surface area contributed by atoms with E-state index in [2.05, 4.69) is 20.4 Å². The summed E-state index contributed by atoms with van der Waals surface area (Å²) in [6.07, 6.45) is 0.575. The molecule has 39 heavy (non-hydrogen) atoms. The second-order valence-corrected chi connectivity index (χ2v) is 9.73. The van der Waals surface area contributed by atoms with Crippen LogP contribution in [0, 0.1) is 11.6 Å². The SMILES string of the molecule is COC(=O)c1c(F)cccc1-c1ccc(CNC(=O)CCCc2cccc(NC(=O)OC(C)(C)C)n2)c(F)c1. The molecule has 0 spiro atoms. The Hall–Kier alpha value is -4.34. The van der Waals surface area contributed by atoms with Crippen molar-refractivity contribution in [3.05, 3.63) is 83.1 Å². The Kier molecular flexibility index (Phi) is 9.70. The van der Waals surface area contributed by atoms with Crippen LogP contribution in [0.1, 0.15) is 55.2 Å². The van der Waals surface area contributed by atoms with E-state index in [9.17, 15) is 23.2 Å². The van der Waals surface area contributed by atoms with Crippen LogP contribution in [0.15, 0.2) is 54.6 Å². The van der Waals surface area contributed by atoms with Gasteiger partial charge in [0.25, 0.3) is 0 Å². The van der Waals surface area contributed by atoms with Crippen molar-refractivity contribution >= 4 is 23.8 Å². The quantitative estimate of drug-likeness (QED) is 0.333. The Bertz CT molecular complexity index is 1350. The van der Waals surface area contributed by atoms with E-state index in [1.807, 2.05) is 0 Å². The number of amides is 2. The average Bonchev–Trinajstić information content (AvgIpc) is 2.86. The minimum Gasteiger partial charge on any atom is -0.465 e. The van der Waals surface area contributed by atoms with Gasteiger partial charge in [0, 0.05) is 24.2 Å². The van der Waals surface area contributed by atoms with E-state index < -0.39 is 29.3 Å². The second kappa shape index (κ2) is 12.9. The number of hydrogen-bond acceptors (Lipinski definition) is 6. The fraction of sp³-hybridized carbons (Fsp3) is 0.310. The van der Waals surface area contributed by atoms with Gasteiger partial charge in [-0.2, -0.15) is 0 Å². The van der Waals surface area contributed by atoms with Gasteiger partial charge in [0.15, 0.2) is 0 Å². The number of methoxy groups -OCH3 is 1. The lowest BCUT2D eigenvalue weighted by Gasteiger charge is -2.19. The molecule has 0 fully saturated rings. The Morgan fingerprint density at radius 1 is 0.974 bits per heavy atom. The van der Waals surface area contributed by atoms with E-state index >= 15 is 0 Å². The molecule has 3 aromatic rings. The molecule has 1 aromatic heterocycles. The number of aromatic nitrogens is 1. The Morgan fingerprint density at radius 3 is 2.41 bits per heavy atom. The molecule has 206 valence electrons. The van der Waals surface area contributed by atoms with Crippen molar-refractivity contribution < 1.29 is 32.6 Å². The first-order chi connectivity index (χ1) is 18.5. The van der Waals surface area contributed by atoms with Crippen molar-refractivity contribution in [2.24, 2.45) is 0 Å². The third-order valence-corrected chi connectivity index (χ3v) is 5.52. The molecule has 0 unspecified atom stereocenters. The lowest BCUT2D eigenvalue weighted by Crippen LogP contribution is -2.27. The highest BCUT2D eigenvalue weighted by Gasteiger charge is 2.19. The Morgan fingerprint density at radius 2 is 1.72 bits per heavy atom. The molecular formula is C29H31F2N3O5. The minimum absolute atomic E-state index is 0.0362. The number of ether oxygens (including phenoxy) is 2. The number of pyridine rings is 1. The van der Waals surface area contributed by atoms with Gasteiger partial charge in [-0.05, 0) is 69.0 Å². The maximum Gasteiger partial charge on any atom is 0.413 e. The molecule has 0 radical (unpaired) electrons. The number of aryl methyl sites for hydroxylation is 1. The van der Waals surface area contributed by atoms with Crippen LogP contribution in [0.25, 0.3) is 11.1 Å². The predicted octanol–water partition coefficient (Wildman–Crippen LogP) is 5.80. The van der Waals surface area contributed by atoms with E-state index in [1.54, 1.807) is 45.0 Å². The lowest BCUT2D eigenvalue weighted by atomic mass is 9.98. The first-order valence-corrected chi connectivity index (χ1v) is 12.3. The summed E-state index contributed by atoms with van der Waals surface area (Å²) >= 11 is 0. The highest BCUT2D eigenvalue weighted by Crippen LogP contribution is 2.28. The van der Waals surface area contributed by atoms with Crippen molar-refractivity contribution in [1.29, 1.82) is 0 Å². The van der Waals surface area contributed by atoms with Gasteiger partial charge in [-0.1, -0.05) is 30.3 Å². The molecule has 0 aliphatic carbocycles. The highest BCUT2D eigenvalue weighted by molar-refractivity contribution is 5.97. The van der Waals surface area contributed by atoms with E-state index in [-0.39, 0.29) is 35.6 Å². The van der Waals surface area contributed by atoms with Crippen LogP contribution in [0.2, 0.25) is 0 Å². The maximum absolute atomic E-state index is 14.8. The van der Waals surface area contributed by atoms with Crippen molar-refractivity contribution in [2.45, 2.75) is 52.2 Å². The summed E-state index contributed by atoms with van der Waals surface area (Å²) in [6, 6.07) is 13.5. The van der Waals surface area contributed by atoms with Crippen LogP contribution in [-0.4, -0.2) is 35.7 Å². The molecule has 10 heteroatoms. The minimum atomic E-state index is -0.860. The van der Waals surface area contributed by atoms with Crippen molar-refractivity contribution in [3.8, 4) is 11.1 Å². The predicted molar refractivity (Wildman–Crippen MR) is 142 cm³/mol. The van der Waals surface area contributed by atoms with Crippen LogP contribution < -0.4 is 10.6 Å². The van der Waals surface area contributed by atoms with Gasteiger partial charge in [0.1, 0.15) is 28.6 Å². The summed E-state index contributed by atoms with van der Waals surface area (Å²) in [5.41, 5.74) is 0.539. The normalized spacial score (nSPS) is 11.0. The van der Waals surface area contributed by atoms with Gasteiger partial charge < -0.3 is 14.8 Å². The van der Waals surface area contributed by atoms with E-state index in [0.717, 1.165) is 13.2 Å². The third-order valence-electron chi connectivity index (χ3n) is 5.52. The van der Waals surface area contributed by atoms with Crippen LogP contribution in [0.4, 0.5) is 19.4 Å². The Labute approximate surface area is 225 Å². The van der Waals surface area contributed by atoms with Gasteiger partial charge in [0.2, 0.25) is 5.91 Å². The zero-order valence-electron chi connectivity index (χ0n) is 22.3. The summed E-state index contributed by atoms with van der Waals surface area (Å²) in [5, 5.41) is 5.27. The molecule has 2 aromatic carbocycles. The summed E-state index contributed by atoms with van der Waals surface area (Å²) in [6.45, 7) is 5.26. The van der Waals surface area contributed by atoms with Crippen molar-refractivity contribution in [2.75, 3.05) is 12.4 Å². The lowest BCUT2D eigenvalue weighted by molar-refractivity contribution is -0.121. The number of benzene rings is 2. The van der Waals surface area contributed by atoms with Crippen LogP contribution in [0.5, 0.6) is 0 Å². The van der Waals surface area contributed by atoms with E-state index in [1.165, 1.54) is 24.3 Å². The van der Waals surface area contributed by atoms with E-state index in [4.69, 9.17) is 4.74 Å². The standard InChI is InChI=1S/C29H31F2N3O5/c1-29(2,3)39-28(37)34-24-12-5-8-20(33-24)9-6-13-25(35)32-17-19-15-14-18(16-23(19)31)21-10-7-11-22(30)26(21)27(36)38-4/h5,7-8,10-12,14-16H,6,9,13,17H2,1-4H3,(H,32,35)(H,33,34,37). The first kappa shape index (κ1) is 29.2. The Balaban J connectivity index is 1.52. The molecule has 2 N–H and O–H groups in total. The molecule has 0 saturated carbocycles. The van der Waals surface area contributed by atoms with Crippen molar-refractivity contribution in [3.63, 3.8) is 0 Å². The molecule has 0 saturated heterocycles. The summed E-state index contributed by atoms with van der Waals surface area (Å²) in [5.74, 6) is -2.15. The number of halogens is 2. The monoisotopic (exact) mass is 539 g/mol. The summed E-state index contributed by atoms with van der Waals surface area (Å²) in [4.78, 5) is 40.6. The fourth-order valence-electron chi connectivity index (χ4n) is 3.74. The van der Waals surface area contributed by atoms with Crippen LogP contribution in [0.3, 0.4) is 0 Å². The number of rotatable bonds is 9. The molecule has 2 amide bonds. The number of anilines is 1. The third kappa shape index (κ3) is 8.59. The smallest absolute Gasteiger partial charge is 0.413 e. The van der Waals surface area contributed by atoms with Gasteiger partial charge in [0.05, 0.1) is 7.11 Å². The molecule has 1 heterocycles. The number of carbonyl (C=O) groups is 3. The summed E-state index contributed by atoms with van der Waals surface area (Å²) in [7, 11) is 1.14. The van der Waals surface area contributed by atoms with Crippen molar-refractivity contribution in [1.82, 2.24) is 10.3 Å². The van der Waals surface area contributed by atoms with E-state index in [0.29, 0.717) is 29.9 Å². The maximum atomic E-state index is 14.8. The molecule has 8 nitrogen and oxygen atoms in total. The molecule has 0 aliphatic rings. The molecule has 3 rings (SSSR count). The topological polar surface area (TPSA) is 107 Å². The average molecular weight is 540 g/mol. The fourth-order valence-corrected chi connectivity index (χ4v) is 3.74. The van der Waals surface area contributed by atoms with Crippen LogP contribution in [-0.2, 0) is 27.2 Å². The number of carbonyl (C=O) groups excluding carboxylic acids is 3. The number of nitrogens with zero attached hydrogens (tertiary/aromatic N) is 1. The number of nitrogens with one attached hydrogen (secondary N) is 2. The first-order valence-electron chi connectivity index (χ1n) is 12.3. The summed E-state index contributed by atoms with van der Waals surface area (Å²) < 4.78 is 38.9. The second-order valence-electron chi connectivity index (χ2n) is 9.73. The zero-order valence-corrected chi connectivity index (χ0v) is 22.3. The molecular weight excluding hydrogens is 508 g/mol. The highest BCUT2D eigenvalue weighted by atomic mass is 19.1. The zero-order chi connectivity index (χ0) is 28.6. The largest absolute Gasteiger partial charge is 0.465 e. The van der Waals surface area contributed by atoms with Gasteiger partial charge in [-0.3, -0.25) is 10.1 Å². The molecule has 0 aliphatic heterocycles. The van der Waals surface area contributed by atoms with Gasteiger partial charge in [-0.25, -0.2) is 23.4 Å².